The Balaban J connectivity index is 0. The van der Waals surface area contributed by atoms with E-state index in [1.54, 1.807) is 20.0 Å². The fraction of sp³-hybridized carbons (Fsp3) is 0.214. The second kappa shape index (κ2) is 18.4. The SMILES string of the molecule is CP(C)C.[CH2]=[Ti].[CH]1[CH][CH][CH][CH]1.[CH]1[CH][CH][CH][CH]1. The monoisotopic (exact) mass is 268 g/mol. The Kier molecular flexibility index (Phi) is 22.2. The van der Waals surface area contributed by atoms with Crippen LogP contribution in [0.15, 0.2) is 0 Å². The number of rotatable bonds is 0. The van der Waals surface area contributed by atoms with E-state index in [-0.39, 0.29) is 0 Å². The van der Waals surface area contributed by atoms with Crippen molar-refractivity contribution in [3.63, 3.8) is 0 Å². The summed E-state index contributed by atoms with van der Waals surface area (Å²) >= 11 is 1.75. The van der Waals surface area contributed by atoms with E-state index in [0.29, 0.717) is 7.92 Å². The topological polar surface area (TPSA) is 0 Å². The summed E-state index contributed by atoms with van der Waals surface area (Å²) in [5.41, 5.74) is 0. The Labute approximate surface area is 117 Å². The van der Waals surface area contributed by atoms with Crippen LogP contribution in [-0.2, 0) is 20.0 Å². The van der Waals surface area contributed by atoms with Crippen molar-refractivity contribution in [2.24, 2.45) is 0 Å². The fourth-order valence-electron chi connectivity index (χ4n) is 0.642. The van der Waals surface area contributed by atoms with Gasteiger partial charge < -0.3 is 0 Å². The fourth-order valence-corrected chi connectivity index (χ4v) is 0.642. The van der Waals surface area contributed by atoms with Gasteiger partial charge in [-0.25, -0.2) is 0 Å². The molecule has 0 unspecified atom stereocenters. The van der Waals surface area contributed by atoms with Crippen molar-refractivity contribution in [2.45, 2.75) is 0 Å². The van der Waals surface area contributed by atoms with Gasteiger partial charge in [0.25, 0.3) is 0 Å². The van der Waals surface area contributed by atoms with Gasteiger partial charge in [0, 0.05) is 0 Å². The largest absolute Gasteiger partial charge is 0.0312 e. The predicted octanol–water partition coefficient (Wildman–Crippen LogP) is 3.37. The molecule has 0 aromatic rings. The summed E-state index contributed by atoms with van der Waals surface area (Å²) in [5, 5.41) is 0. The van der Waals surface area contributed by atoms with Crippen LogP contribution in [0.1, 0.15) is 0 Å². The molecular weight excluding hydrogens is 247 g/mol. The van der Waals surface area contributed by atoms with Gasteiger partial charge in [0.1, 0.15) is 0 Å². The first-order valence-electron chi connectivity index (χ1n) is 5.03. The van der Waals surface area contributed by atoms with Crippen LogP contribution in [0.2, 0.25) is 0 Å². The normalized spacial score (nSPS) is 17.4. The second-order valence-corrected chi connectivity index (χ2v) is 5.95. The van der Waals surface area contributed by atoms with Crippen LogP contribution in [0.5, 0.6) is 0 Å². The summed E-state index contributed by atoms with van der Waals surface area (Å²) in [5.74, 6) is 0. The Morgan fingerprint density at radius 2 is 0.625 bits per heavy atom. The number of hydrogen-bond donors (Lipinski definition) is 0. The van der Waals surface area contributed by atoms with Crippen LogP contribution >= 0.6 is 7.92 Å². The first-order valence-corrected chi connectivity index (χ1v) is 8.82. The van der Waals surface area contributed by atoms with E-state index in [9.17, 15) is 0 Å². The molecule has 2 rings (SSSR count). The maximum absolute atomic E-state index is 3.25. The summed E-state index contributed by atoms with van der Waals surface area (Å²) in [7, 11) is 0.380. The van der Waals surface area contributed by atoms with Crippen LogP contribution in [0, 0.1) is 64.2 Å². The molecule has 0 atom stereocenters. The van der Waals surface area contributed by atoms with E-state index < -0.39 is 0 Å². The van der Waals surface area contributed by atoms with E-state index in [1.807, 2.05) is 64.2 Å². The molecule has 86 valence electrons. The minimum atomic E-state index is 0.380. The van der Waals surface area contributed by atoms with E-state index in [2.05, 4.69) is 24.8 Å². The molecule has 0 aromatic carbocycles. The van der Waals surface area contributed by atoms with Gasteiger partial charge in [0.05, 0.1) is 0 Å². The molecular formula is C14H21PTi. The molecule has 2 aliphatic rings. The molecule has 0 saturated heterocycles. The molecule has 2 fully saturated rings. The molecule has 10 radical (unpaired) electrons. The summed E-state index contributed by atoms with van der Waals surface area (Å²) in [6.45, 7) is 6.69. The van der Waals surface area contributed by atoms with Gasteiger partial charge >= 0.3 is 24.8 Å². The molecule has 0 N–H and O–H groups in total. The third kappa shape index (κ3) is 24.3. The minimum absolute atomic E-state index is 0.380. The Morgan fingerprint density at radius 3 is 0.688 bits per heavy atom. The van der Waals surface area contributed by atoms with Gasteiger partial charge in [-0.15, -0.1) is 7.92 Å². The van der Waals surface area contributed by atoms with E-state index >= 15 is 0 Å². The first-order chi connectivity index (χ1) is 7.73. The zero-order chi connectivity index (χ0) is 12.6. The van der Waals surface area contributed by atoms with Crippen molar-refractivity contribution >= 4 is 12.7 Å². The van der Waals surface area contributed by atoms with Crippen molar-refractivity contribution in [2.75, 3.05) is 20.0 Å². The van der Waals surface area contributed by atoms with Crippen molar-refractivity contribution in [3.8, 4) is 0 Å². The van der Waals surface area contributed by atoms with Crippen LogP contribution < -0.4 is 0 Å². The molecule has 0 aliphatic heterocycles. The van der Waals surface area contributed by atoms with Crippen molar-refractivity contribution in [1.82, 2.24) is 0 Å². The predicted molar refractivity (Wildman–Crippen MR) is 74.8 cm³/mol. The summed E-state index contributed by atoms with van der Waals surface area (Å²) < 4.78 is 0. The van der Waals surface area contributed by atoms with Crippen LogP contribution in [0.3, 0.4) is 0 Å². The molecule has 0 heterocycles. The third-order valence-electron chi connectivity index (χ3n) is 1.11. The molecule has 2 heteroatoms. The second-order valence-electron chi connectivity index (χ2n) is 3.27. The van der Waals surface area contributed by atoms with Crippen LogP contribution in [0.4, 0.5) is 0 Å². The number of hydrogen-bond acceptors (Lipinski definition) is 0. The third-order valence-corrected chi connectivity index (χ3v) is 1.11. The summed E-state index contributed by atoms with van der Waals surface area (Å²) in [6.07, 6.45) is 20.0. The zero-order valence-corrected chi connectivity index (χ0v) is 12.9. The Hall–Kier alpha value is 1.01. The average Bonchev–Trinajstić information content (AvgIpc) is 2.99. The molecule has 0 nitrogen and oxygen atoms in total. The summed E-state index contributed by atoms with van der Waals surface area (Å²) in [6, 6.07) is 0. The van der Waals surface area contributed by atoms with Gasteiger partial charge in [-0.2, -0.15) is 0 Å². The van der Waals surface area contributed by atoms with Gasteiger partial charge in [-0.1, -0.05) is 0 Å². The molecule has 2 aliphatic carbocycles. The van der Waals surface area contributed by atoms with Crippen LogP contribution in [-0.4, -0.2) is 24.8 Å². The first kappa shape index (κ1) is 19.4. The molecule has 0 aromatic heterocycles. The average molecular weight is 268 g/mol. The maximum atomic E-state index is 3.25. The Morgan fingerprint density at radius 1 is 0.562 bits per heavy atom. The zero-order valence-electron chi connectivity index (χ0n) is 10.4. The molecule has 0 spiro atoms. The van der Waals surface area contributed by atoms with Crippen molar-refractivity contribution < 1.29 is 20.0 Å². The quantitative estimate of drug-likeness (QED) is 0.467. The smallest absolute Gasteiger partial charge is 0.0312 e. The molecule has 0 amide bonds. The molecule has 16 heavy (non-hydrogen) atoms. The van der Waals surface area contributed by atoms with E-state index in [0.717, 1.165) is 0 Å². The summed E-state index contributed by atoms with van der Waals surface area (Å²) in [4.78, 5) is 3.25. The van der Waals surface area contributed by atoms with Gasteiger partial charge in [-0.3, -0.25) is 0 Å². The maximum Gasteiger partial charge on any atom is -0.0312 e. The minimum Gasteiger partial charge on any atom is -0.0312 e. The van der Waals surface area contributed by atoms with E-state index in [1.165, 1.54) is 0 Å². The molecule has 2 saturated carbocycles. The Bertz CT molecular complexity index is 79.3. The van der Waals surface area contributed by atoms with E-state index in [4.69, 9.17) is 0 Å². The van der Waals surface area contributed by atoms with Crippen molar-refractivity contribution in [3.05, 3.63) is 64.2 Å². The van der Waals surface area contributed by atoms with Crippen molar-refractivity contribution in [1.29, 1.82) is 0 Å². The van der Waals surface area contributed by atoms with Crippen LogP contribution in [0.25, 0.3) is 0 Å². The van der Waals surface area contributed by atoms with Gasteiger partial charge in [-0.05, 0) is 84.2 Å². The van der Waals surface area contributed by atoms with Gasteiger partial charge in [0.15, 0.2) is 0 Å². The molecule has 0 bridgehead atoms. The standard InChI is InChI=1S/2C5H5.C3H9P.CH2.Ti/c2*1-2-4-5-3-1;1-4(2)3;;/h2*1-5H;1-3H3;1H2;. The van der Waals surface area contributed by atoms with Gasteiger partial charge in [0.2, 0.25) is 0 Å².